The van der Waals surface area contributed by atoms with Gasteiger partial charge in [-0.05, 0) is 23.8 Å². The monoisotopic (exact) mass is 297 g/mol. The van der Waals surface area contributed by atoms with E-state index in [1.807, 2.05) is 26.8 Å². The maximum Gasteiger partial charge on any atom is 0.266 e. The Morgan fingerprint density at radius 2 is 1.86 bits per heavy atom. The van der Waals surface area contributed by atoms with Crippen molar-refractivity contribution in [3.05, 3.63) is 63.6 Å². The highest BCUT2D eigenvalue weighted by Gasteiger charge is 2.18. The highest BCUT2D eigenvalue weighted by molar-refractivity contribution is 5.32. The van der Waals surface area contributed by atoms with Gasteiger partial charge in [0.2, 0.25) is 0 Å². The Labute approximate surface area is 129 Å². The lowest BCUT2D eigenvalue weighted by Crippen LogP contribution is -2.28. The van der Waals surface area contributed by atoms with Gasteiger partial charge in [0.05, 0.1) is 30.0 Å². The highest BCUT2D eigenvalue weighted by Crippen LogP contribution is 2.19. The van der Waals surface area contributed by atoms with E-state index in [1.165, 1.54) is 10.7 Å². The molecule has 1 N–H and O–H groups in total. The predicted octanol–water partition coefficient (Wildman–Crippen LogP) is 2.15. The second-order valence-electron chi connectivity index (χ2n) is 6.24. The molecule has 0 bridgehead atoms. The van der Waals surface area contributed by atoms with Crippen molar-refractivity contribution >= 4 is 0 Å². The van der Waals surface area contributed by atoms with Crippen molar-refractivity contribution in [2.75, 3.05) is 0 Å². The van der Waals surface area contributed by atoms with Crippen LogP contribution in [0.4, 0.5) is 0 Å². The maximum absolute atomic E-state index is 11.9. The third kappa shape index (κ3) is 3.60. The lowest BCUT2D eigenvalue weighted by atomic mass is 9.92. The van der Waals surface area contributed by atoms with Gasteiger partial charge in [0, 0.05) is 11.5 Å². The molecule has 5 heteroatoms. The average molecular weight is 297 g/mol. The van der Waals surface area contributed by atoms with Gasteiger partial charge in [0.1, 0.15) is 0 Å². The molecule has 0 saturated heterocycles. The SMILES string of the molecule is CC(C)(C)c1ccc(=O)n(CC(O)c2ccc(C#N)cc2)n1. The van der Waals surface area contributed by atoms with Crippen LogP contribution in [-0.2, 0) is 12.0 Å². The van der Waals surface area contributed by atoms with Crippen molar-refractivity contribution in [2.45, 2.75) is 38.8 Å². The third-order valence-corrected chi connectivity index (χ3v) is 3.41. The van der Waals surface area contributed by atoms with Crippen LogP contribution in [0.1, 0.15) is 43.7 Å². The van der Waals surface area contributed by atoms with E-state index in [4.69, 9.17) is 5.26 Å². The molecule has 2 aromatic rings. The summed E-state index contributed by atoms with van der Waals surface area (Å²) in [6.45, 7) is 6.12. The molecule has 1 atom stereocenters. The molecule has 0 amide bonds. The summed E-state index contributed by atoms with van der Waals surface area (Å²) in [5.41, 5.74) is 1.55. The van der Waals surface area contributed by atoms with Crippen molar-refractivity contribution in [2.24, 2.45) is 0 Å². The zero-order valence-corrected chi connectivity index (χ0v) is 12.9. The summed E-state index contributed by atoms with van der Waals surface area (Å²) in [6.07, 6.45) is -0.854. The third-order valence-electron chi connectivity index (χ3n) is 3.41. The van der Waals surface area contributed by atoms with Gasteiger partial charge in [-0.1, -0.05) is 32.9 Å². The van der Waals surface area contributed by atoms with Gasteiger partial charge in [0.15, 0.2) is 0 Å². The van der Waals surface area contributed by atoms with E-state index in [-0.39, 0.29) is 17.5 Å². The Morgan fingerprint density at radius 3 is 2.41 bits per heavy atom. The standard InChI is InChI=1S/C17H19N3O2/c1-17(2,3)15-8-9-16(22)20(19-15)11-14(21)13-6-4-12(10-18)5-7-13/h4-9,14,21H,11H2,1-3H3. The molecular formula is C17H19N3O2. The molecule has 0 radical (unpaired) electrons. The number of rotatable bonds is 3. The van der Waals surface area contributed by atoms with Gasteiger partial charge in [-0.3, -0.25) is 4.79 Å². The summed E-state index contributed by atoms with van der Waals surface area (Å²) in [5, 5.41) is 23.4. The van der Waals surface area contributed by atoms with E-state index in [2.05, 4.69) is 5.10 Å². The summed E-state index contributed by atoms with van der Waals surface area (Å²) in [6, 6.07) is 11.9. The highest BCUT2D eigenvalue weighted by atomic mass is 16.3. The predicted molar refractivity (Wildman–Crippen MR) is 83.3 cm³/mol. The van der Waals surface area contributed by atoms with Gasteiger partial charge >= 0.3 is 0 Å². The van der Waals surface area contributed by atoms with Crippen molar-refractivity contribution in [3.8, 4) is 6.07 Å². The van der Waals surface area contributed by atoms with Crippen LogP contribution in [0.2, 0.25) is 0 Å². The summed E-state index contributed by atoms with van der Waals surface area (Å²) in [5.74, 6) is 0. The number of nitrogens with zero attached hydrogens (tertiary/aromatic N) is 3. The first-order valence-corrected chi connectivity index (χ1v) is 7.08. The zero-order chi connectivity index (χ0) is 16.3. The van der Waals surface area contributed by atoms with E-state index in [9.17, 15) is 9.90 Å². The number of benzene rings is 1. The molecule has 0 aliphatic heterocycles. The fourth-order valence-electron chi connectivity index (χ4n) is 2.03. The van der Waals surface area contributed by atoms with Gasteiger partial charge in [-0.25, -0.2) is 4.68 Å². The van der Waals surface area contributed by atoms with Crippen LogP contribution in [0.25, 0.3) is 0 Å². The van der Waals surface area contributed by atoms with E-state index in [1.54, 1.807) is 30.3 Å². The van der Waals surface area contributed by atoms with Crippen molar-refractivity contribution in [1.82, 2.24) is 9.78 Å². The van der Waals surface area contributed by atoms with Crippen LogP contribution < -0.4 is 5.56 Å². The smallest absolute Gasteiger partial charge is 0.266 e. The topological polar surface area (TPSA) is 78.9 Å². The second-order valence-corrected chi connectivity index (χ2v) is 6.24. The molecule has 5 nitrogen and oxygen atoms in total. The number of hydrogen-bond donors (Lipinski definition) is 1. The summed E-state index contributed by atoms with van der Waals surface area (Å²) < 4.78 is 1.28. The molecular weight excluding hydrogens is 278 g/mol. The average Bonchev–Trinajstić information content (AvgIpc) is 2.48. The first kappa shape index (κ1) is 15.9. The second kappa shape index (κ2) is 6.12. The fraction of sp³-hybridized carbons (Fsp3) is 0.353. The molecule has 0 saturated carbocycles. The molecule has 1 aromatic heterocycles. The lowest BCUT2D eigenvalue weighted by molar-refractivity contribution is 0.148. The van der Waals surface area contributed by atoms with Gasteiger partial charge < -0.3 is 5.11 Å². The first-order chi connectivity index (χ1) is 10.3. The molecule has 22 heavy (non-hydrogen) atoms. The van der Waals surface area contributed by atoms with Crippen LogP contribution in [0.5, 0.6) is 0 Å². The van der Waals surface area contributed by atoms with Crippen molar-refractivity contribution < 1.29 is 5.11 Å². The molecule has 2 rings (SSSR count). The van der Waals surface area contributed by atoms with Crippen LogP contribution in [0, 0.1) is 11.3 Å². The normalized spacial score (nSPS) is 12.7. The largest absolute Gasteiger partial charge is 0.386 e. The van der Waals surface area contributed by atoms with Crippen LogP contribution >= 0.6 is 0 Å². The molecule has 114 valence electrons. The number of nitriles is 1. The zero-order valence-electron chi connectivity index (χ0n) is 12.9. The van der Waals surface area contributed by atoms with Crippen LogP contribution in [-0.4, -0.2) is 14.9 Å². The van der Waals surface area contributed by atoms with Crippen molar-refractivity contribution in [1.29, 1.82) is 5.26 Å². The quantitative estimate of drug-likeness (QED) is 0.941. The molecule has 0 aliphatic rings. The summed E-state index contributed by atoms with van der Waals surface area (Å²) >= 11 is 0. The number of aliphatic hydroxyl groups excluding tert-OH is 1. The number of aromatic nitrogens is 2. The summed E-state index contributed by atoms with van der Waals surface area (Å²) in [7, 11) is 0. The Hall–Kier alpha value is -2.45. The van der Waals surface area contributed by atoms with E-state index >= 15 is 0 Å². The number of hydrogen-bond acceptors (Lipinski definition) is 4. The number of aliphatic hydroxyl groups is 1. The Balaban J connectivity index is 2.26. The van der Waals surface area contributed by atoms with Crippen molar-refractivity contribution in [3.63, 3.8) is 0 Å². The minimum Gasteiger partial charge on any atom is -0.386 e. The van der Waals surface area contributed by atoms with E-state index < -0.39 is 6.10 Å². The molecule has 1 unspecified atom stereocenters. The fourth-order valence-corrected chi connectivity index (χ4v) is 2.03. The molecule has 1 heterocycles. The Kier molecular flexibility index (Phi) is 4.43. The molecule has 0 spiro atoms. The molecule has 0 fully saturated rings. The minimum atomic E-state index is -0.854. The Bertz CT molecular complexity index is 749. The van der Waals surface area contributed by atoms with Gasteiger partial charge in [0.25, 0.3) is 5.56 Å². The van der Waals surface area contributed by atoms with E-state index in [0.29, 0.717) is 11.1 Å². The van der Waals surface area contributed by atoms with Gasteiger partial charge in [-0.15, -0.1) is 0 Å². The lowest BCUT2D eigenvalue weighted by Gasteiger charge is -2.19. The summed E-state index contributed by atoms with van der Waals surface area (Å²) in [4.78, 5) is 11.9. The Morgan fingerprint density at radius 1 is 1.23 bits per heavy atom. The molecule has 1 aromatic carbocycles. The minimum absolute atomic E-state index is 0.0780. The first-order valence-electron chi connectivity index (χ1n) is 7.08. The van der Waals surface area contributed by atoms with Gasteiger partial charge in [-0.2, -0.15) is 10.4 Å². The van der Waals surface area contributed by atoms with Crippen LogP contribution in [0.15, 0.2) is 41.2 Å². The molecule has 0 aliphatic carbocycles. The van der Waals surface area contributed by atoms with Crippen LogP contribution in [0.3, 0.4) is 0 Å². The van der Waals surface area contributed by atoms with E-state index in [0.717, 1.165) is 5.69 Å². The maximum atomic E-state index is 11.9.